The molecule has 2 rings (SSSR count). The van der Waals surface area contributed by atoms with Gasteiger partial charge in [-0.3, -0.25) is 4.79 Å². The van der Waals surface area contributed by atoms with Gasteiger partial charge in [0.15, 0.2) is 0 Å². The Kier molecular flexibility index (Phi) is 6.17. The molecule has 26 heavy (non-hydrogen) atoms. The van der Waals surface area contributed by atoms with Gasteiger partial charge in [-0.05, 0) is 39.7 Å². The first-order valence-corrected chi connectivity index (χ1v) is 8.30. The zero-order valence-electron chi connectivity index (χ0n) is 14.4. The molecule has 0 spiro atoms. The third-order valence-corrected chi connectivity index (χ3v) is 4.55. The highest BCUT2D eigenvalue weighted by atomic mass is 79.9. The lowest BCUT2D eigenvalue weighted by Gasteiger charge is -2.21. The highest BCUT2D eigenvalue weighted by molar-refractivity contribution is 9.10. The Morgan fingerprint density at radius 3 is 2.15 bits per heavy atom. The summed E-state index contributed by atoms with van der Waals surface area (Å²) in [5.41, 5.74) is -0.494. The van der Waals surface area contributed by atoms with Crippen molar-refractivity contribution in [2.45, 2.75) is 12.7 Å². The number of amides is 1. The molecule has 2 aromatic rings. The number of rotatable bonds is 5. The van der Waals surface area contributed by atoms with Crippen LogP contribution in [0.2, 0.25) is 0 Å². The zero-order valence-corrected chi connectivity index (χ0v) is 15.9. The third kappa shape index (κ3) is 4.30. The van der Waals surface area contributed by atoms with Gasteiger partial charge in [0.05, 0.1) is 19.8 Å². The van der Waals surface area contributed by atoms with Crippen molar-refractivity contribution in [1.82, 2.24) is 4.90 Å². The van der Waals surface area contributed by atoms with E-state index in [1.54, 1.807) is 0 Å². The van der Waals surface area contributed by atoms with Gasteiger partial charge >= 0.3 is 6.18 Å². The van der Waals surface area contributed by atoms with Crippen molar-refractivity contribution in [3.63, 3.8) is 0 Å². The van der Waals surface area contributed by atoms with Crippen LogP contribution in [-0.2, 0) is 12.7 Å². The van der Waals surface area contributed by atoms with Gasteiger partial charge < -0.3 is 14.4 Å². The molecule has 0 aliphatic heterocycles. The Labute approximate surface area is 157 Å². The van der Waals surface area contributed by atoms with E-state index in [1.807, 2.05) is 0 Å². The minimum Gasteiger partial charge on any atom is -0.495 e. The second-order valence-electron chi connectivity index (χ2n) is 5.51. The van der Waals surface area contributed by atoms with Crippen molar-refractivity contribution in [2.24, 2.45) is 0 Å². The van der Waals surface area contributed by atoms with E-state index < -0.39 is 17.6 Å². The minimum atomic E-state index is -4.48. The van der Waals surface area contributed by atoms with Crippen LogP contribution in [0.1, 0.15) is 21.5 Å². The lowest BCUT2D eigenvalue weighted by atomic mass is 10.1. The van der Waals surface area contributed by atoms with Gasteiger partial charge in [-0.2, -0.15) is 13.2 Å². The van der Waals surface area contributed by atoms with Gasteiger partial charge in [0.2, 0.25) is 0 Å². The zero-order chi connectivity index (χ0) is 19.5. The van der Waals surface area contributed by atoms with E-state index >= 15 is 0 Å². The topological polar surface area (TPSA) is 38.8 Å². The summed E-state index contributed by atoms with van der Waals surface area (Å²) in [5.74, 6) is 0.319. The molecule has 0 bridgehead atoms. The molecule has 0 N–H and O–H groups in total. The maximum absolute atomic E-state index is 13.1. The number of benzene rings is 2. The van der Waals surface area contributed by atoms with Crippen LogP contribution in [-0.4, -0.2) is 32.1 Å². The maximum atomic E-state index is 13.1. The summed E-state index contributed by atoms with van der Waals surface area (Å²) in [5, 5.41) is 0. The second kappa shape index (κ2) is 7.99. The molecule has 140 valence electrons. The fraction of sp³-hybridized carbons (Fsp3) is 0.278. The summed E-state index contributed by atoms with van der Waals surface area (Å²) < 4.78 is 50.3. The Morgan fingerprint density at radius 1 is 1.12 bits per heavy atom. The number of alkyl halides is 3. The van der Waals surface area contributed by atoms with Gasteiger partial charge in [-0.15, -0.1) is 0 Å². The molecule has 0 radical (unpaired) electrons. The second-order valence-corrected chi connectivity index (χ2v) is 6.30. The highest BCUT2D eigenvalue weighted by Gasteiger charge is 2.33. The first-order chi connectivity index (χ1) is 12.2. The summed E-state index contributed by atoms with van der Waals surface area (Å²) in [6.45, 7) is -0.185. The average Bonchev–Trinajstić information content (AvgIpc) is 2.60. The van der Waals surface area contributed by atoms with Crippen LogP contribution in [0.3, 0.4) is 0 Å². The highest BCUT2D eigenvalue weighted by Crippen LogP contribution is 2.36. The van der Waals surface area contributed by atoms with E-state index in [9.17, 15) is 18.0 Å². The largest absolute Gasteiger partial charge is 0.495 e. The van der Waals surface area contributed by atoms with E-state index in [4.69, 9.17) is 9.47 Å². The summed E-state index contributed by atoms with van der Waals surface area (Å²) >= 11 is 3.31. The number of hydrogen-bond acceptors (Lipinski definition) is 3. The van der Waals surface area contributed by atoms with Crippen LogP contribution in [0.15, 0.2) is 40.9 Å². The molecule has 0 aliphatic rings. The van der Waals surface area contributed by atoms with Crippen LogP contribution < -0.4 is 9.47 Å². The Morgan fingerprint density at radius 2 is 1.65 bits per heavy atom. The number of methoxy groups -OCH3 is 2. The molecule has 0 heterocycles. The van der Waals surface area contributed by atoms with Gasteiger partial charge in [0, 0.05) is 19.2 Å². The minimum absolute atomic E-state index is 0.0203. The molecule has 0 fully saturated rings. The van der Waals surface area contributed by atoms with Gasteiger partial charge in [-0.25, -0.2) is 0 Å². The lowest BCUT2D eigenvalue weighted by Crippen LogP contribution is -2.27. The molecule has 0 aromatic heterocycles. The van der Waals surface area contributed by atoms with Crippen molar-refractivity contribution >= 4 is 21.8 Å². The molecule has 0 saturated carbocycles. The maximum Gasteiger partial charge on any atom is 0.416 e. The van der Waals surface area contributed by atoms with E-state index in [1.165, 1.54) is 56.5 Å². The summed E-state index contributed by atoms with van der Waals surface area (Å²) in [7, 11) is 4.32. The van der Waals surface area contributed by atoms with Crippen LogP contribution in [0, 0.1) is 0 Å². The Bertz CT molecular complexity index is 784. The number of hydrogen-bond donors (Lipinski definition) is 0. The number of nitrogens with zero attached hydrogens (tertiary/aromatic N) is 1. The summed E-state index contributed by atoms with van der Waals surface area (Å²) in [6.07, 6.45) is -4.48. The normalized spacial score (nSPS) is 11.2. The SMILES string of the molecule is COc1cc(C(=O)N(C)Cc2ccccc2C(F)(F)F)cc(OC)c1Br. The predicted molar refractivity (Wildman–Crippen MR) is 94.5 cm³/mol. The van der Waals surface area contributed by atoms with Crippen molar-refractivity contribution < 1.29 is 27.4 Å². The molecule has 8 heteroatoms. The third-order valence-electron chi connectivity index (χ3n) is 3.77. The first kappa shape index (κ1) is 20.1. The molecule has 0 unspecified atom stereocenters. The quantitative estimate of drug-likeness (QED) is 0.684. The number of carbonyl (C=O) groups excluding carboxylic acids is 1. The molecule has 0 aliphatic carbocycles. The molecule has 2 aromatic carbocycles. The van der Waals surface area contributed by atoms with Crippen LogP contribution in [0.5, 0.6) is 11.5 Å². The molecular weight excluding hydrogens is 415 g/mol. The van der Waals surface area contributed by atoms with Crippen molar-refractivity contribution in [3.05, 3.63) is 57.6 Å². The molecule has 1 amide bonds. The van der Waals surface area contributed by atoms with Crippen molar-refractivity contribution in [2.75, 3.05) is 21.3 Å². The number of carbonyl (C=O) groups is 1. The fourth-order valence-electron chi connectivity index (χ4n) is 2.48. The molecular formula is C18H17BrF3NO3. The molecule has 0 saturated heterocycles. The van der Waals surface area contributed by atoms with Crippen LogP contribution in [0.25, 0.3) is 0 Å². The summed E-state index contributed by atoms with van der Waals surface area (Å²) in [4.78, 5) is 13.9. The monoisotopic (exact) mass is 431 g/mol. The predicted octanol–water partition coefficient (Wildman–Crippen LogP) is 4.76. The smallest absolute Gasteiger partial charge is 0.416 e. The molecule has 4 nitrogen and oxygen atoms in total. The lowest BCUT2D eigenvalue weighted by molar-refractivity contribution is -0.138. The number of ether oxygens (including phenoxy) is 2. The standard InChI is InChI=1S/C18H17BrF3NO3/c1-23(10-11-6-4-5-7-13(11)18(20,21)22)17(24)12-8-14(25-2)16(19)15(9-12)26-3/h4-9H,10H2,1-3H3. The van der Waals surface area contributed by atoms with E-state index in [2.05, 4.69) is 15.9 Å². The first-order valence-electron chi connectivity index (χ1n) is 7.51. The number of halogens is 4. The molecule has 0 atom stereocenters. The van der Waals surface area contributed by atoms with Gasteiger partial charge in [-0.1, -0.05) is 18.2 Å². The van der Waals surface area contributed by atoms with E-state index in [-0.39, 0.29) is 17.7 Å². The van der Waals surface area contributed by atoms with E-state index in [0.717, 1.165) is 6.07 Å². The van der Waals surface area contributed by atoms with Crippen LogP contribution >= 0.6 is 15.9 Å². The van der Waals surface area contributed by atoms with Gasteiger partial charge in [0.1, 0.15) is 16.0 Å². The average molecular weight is 432 g/mol. The summed E-state index contributed by atoms with van der Waals surface area (Å²) in [6, 6.07) is 8.18. The van der Waals surface area contributed by atoms with Crippen molar-refractivity contribution in [3.8, 4) is 11.5 Å². The fourth-order valence-corrected chi connectivity index (χ4v) is 3.03. The van der Waals surface area contributed by atoms with Crippen LogP contribution in [0.4, 0.5) is 13.2 Å². The van der Waals surface area contributed by atoms with Gasteiger partial charge in [0.25, 0.3) is 5.91 Å². The van der Waals surface area contributed by atoms with Crippen molar-refractivity contribution in [1.29, 1.82) is 0 Å². The Balaban J connectivity index is 2.32. The van der Waals surface area contributed by atoms with E-state index in [0.29, 0.717) is 16.0 Å². The Hall–Kier alpha value is -2.22.